The lowest BCUT2D eigenvalue weighted by Gasteiger charge is -2.05. The van der Waals surface area contributed by atoms with Crippen molar-refractivity contribution in [3.8, 4) is 5.75 Å². The van der Waals surface area contributed by atoms with Crippen LogP contribution < -0.4 is 10.1 Å². The molecule has 0 aliphatic rings. The van der Waals surface area contributed by atoms with Gasteiger partial charge in [0.25, 0.3) is 0 Å². The van der Waals surface area contributed by atoms with Crippen LogP contribution in [0.4, 0.5) is 0 Å². The van der Waals surface area contributed by atoms with Gasteiger partial charge in [0.2, 0.25) is 0 Å². The molecule has 0 radical (unpaired) electrons. The van der Waals surface area contributed by atoms with E-state index in [-0.39, 0.29) is 0 Å². The van der Waals surface area contributed by atoms with Gasteiger partial charge in [-0.2, -0.15) is 0 Å². The number of methoxy groups -OCH3 is 1. The van der Waals surface area contributed by atoms with Crippen molar-refractivity contribution in [1.29, 1.82) is 0 Å². The Kier molecular flexibility index (Phi) is 4.78. The topological polar surface area (TPSA) is 49.9 Å². The minimum atomic E-state index is 0.891. The molecule has 1 heterocycles. The van der Waals surface area contributed by atoms with Gasteiger partial charge in [-0.1, -0.05) is 12.1 Å². The molecule has 96 valence electrons. The van der Waals surface area contributed by atoms with Crippen LogP contribution in [0.2, 0.25) is 0 Å². The normalized spacial score (nSPS) is 10.5. The van der Waals surface area contributed by atoms with Gasteiger partial charge in [0.15, 0.2) is 0 Å². The third-order valence-corrected chi connectivity index (χ3v) is 2.81. The molecule has 0 spiro atoms. The van der Waals surface area contributed by atoms with E-state index in [4.69, 9.17) is 4.74 Å². The maximum atomic E-state index is 5.12. The van der Waals surface area contributed by atoms with Gasteiger partial charge in [0, 0.05) is 25.4 Å². The Morgan fingerprint density at radius 2 is 2.11 bits per heavy atom. The molecular weight excluding hydrogens is 226 g/mol. The van der Waals surface area contributed by atoms with Gasteiger partial charge >= 0.3 is 0 Å². The molecule has 2 N–H and O–H groups in total. The predicted molar refractivity (Wildman–Crippen MR) is 71.6 cm³/mol. The van der Waals surface area contributed by atoms with E-state index in [0.717, 1.165) is 37.5 Å². The van der Waals surface area contributed by atoms with Crippen molar-refractivity contribution < 1.29 is 4.74 Å². The highest BCUT2D eigenvalue weighted by Crippen LogP contribution is 2.10. The van der Waals surface area contributed by atoms with Crippen LogP contribution in [-0.4, -0.2) is 23.6 Å². The molecule has 0 unspecified atom stereocenters. The molecule has 0 amide bonds. The minimum absolute atomic E-state index is 0.891. The van der Waals surface area contributed by atoms with Crippen molar-refractivity contribution in [2.24, 2.45) is 0 Å². The Morgan fingerprint density at radius 3 is 2.78 bits per heavy atom. The number of benzene rings is 1. The fourth-order valence-corrected chi connectivity index (χ4v) is 1.79. The van der Waals surface area contributed by atoms with Crippen LogP contribution in [0.15, 0.2) is 36.7 Å². The number of nitrogens with one attached hydrogen (secondary N) is 2. The zero-order valence-electron chi connectivity index (χ0n) is 10.6. The first kappa shape index (κ1) is 12.6. The summed E-state index contributed by atoms with van der Waals surface area (Å²) < 4.78 is 5.12. The van der Waals surface area contributed by atoms with E-state index in [1.54, 1.807) is 13.3 Å². The third-order valence-electron chi connectivity index (χ3n) is 2.81. The van der Waals surface area contributed by atoms with E-state index >= 15 is 0 Å². The van der Waals surface area contributed by atoms with E-state index in [1.165, 1.54) is 5.56 Å². The summed E-state index contributed by atoms with van der Waals surface area (Å²) >= 11 is 0. The number of H-pyrrole nitrogens is 1. The highest BCUT2D eigenvalue weighted by Gasteiger charge is 1.96. The molecule has 18 heavy (non-hydrogen) atoms. The summed E-state index contributed by atoms with van der Waals surface area (Å²) in [5.41, 5.74) is 1.27. The Bertz CT molecular complexity index is 437. The predicted octanol–water partition coefficient (Wildman–Crippen LogP) is 2.14. The van der Waals surface area contributed by atoms with Crippen molar-refractivity contribution in [2.45, 2.75) is 19.4 Å². The van der Waals surface area contributed by atoms with Gasteiger partial charge in [-0.05, 0) is 30.7 Å². The number of imidazole rings is 1. The highest BCUT2D eigenvalue weighted by atomic mass is 16.5. The van der Waals surface area contributed by atoms with Crippen molar-refractivity contribution in [1.82, 2.24) is 15.3 Å². The fraction of sp³-hybridized carbons (Fsp3) is 0.357. The molecule has 0 aliphatic heterocycles. The van der Waals surface area contributed by atoms with E-state index in [9.17, 15) is 0 Å². The lowest BCUT2D eigenvalue weighted by Crippen LogP contribution is -2.15. The molecule has 0 aliphatic carbocycles. The third kappa shape index (κ3) is 3.89. The van der Waals surface area contributed by atoms with Gasteiger partial charge < -0.3 is 15.0 Å². The van der Waals surface area contributed by atoms with Gasteiger partial charge in [-0.3, -0.25) is 0 Å². The molecule has 4 heteroatoms. The first-order chi connectivity index (χ1) is 8.88. The van der Waals surface area contributed by atoms with Crippen LogP contribution in [0.25, 0.3) is 0 Å². The number of hydrogen-bond acceptors (Lipinski definition) is 3. The monoisotopic (exact) mass is 245 g/mol. The molecule has 0 bridgehead atoms. The number of rotatable bonds is 7. The van der Waals surface area contributed by atoms with E-state index in [1.807, 2.05) is 18.3 Å². The van der Waals surface area contributed by atoms with Crippen molar-refractivity contribution >= 4 is 0 Å². The first-order valence-corrected chi connectivity index (χ1v) is 6.20. The number of nitrogens with zero attached hydrogens (tertiary/aromatic N) is 1. The minimum Gasteiger partial charge on any atom is -0.497 e. The zero-order valence-corrected chi connectivity index (χ0v) is 10.6. The van der Waals surface area contributed by atoms with E-state index < -0.39 is 0 Å². The second-order valence-corrected chi connectivity index (χ2v) is 4.16. The molecule has 4 nitrogen and oxygen atoms in total. The summed E-state index contributed by atoms with van der Waals surface area (Å²) in [5.74, 6) is 1.96. The smallest absolute Gasteiger partial charge is 0.118 e. The van der Waals surface area contributed by atoms with Crippen LogP contribution >= 0.6 is 0 Å². The molecule has 0 saturated carbocycles. The molecule has 0 saturated heterocycles. The molecule has 2 aromatic rings. The average molecular weight is 245 g/mol. The summed E-state index contributed by atoms with van der Waals surface area (Å²) in [5, 5.41) is 3.42. The average Bonchev–Trinajstić information content (AvgIpc) is 2.92. The lowest BCUT2D eigenvalue weighted by molar-refractivity contribution is 0.414. The van der Waals surface area contributed by atoms with Gasteiger partial charge in [-0.25, -0.2) is 4.98 Å². The van der Waals surface area contributed by atoms with Gasteiger partial charge in [0.05, 0.1) is 7.11 Å². The lowest BCUT2D eigenvalue weighted by atomic mass is 10.2. The Balaban J connectivity index is 1.62. The molecule has 1 aromatic carbocycles. The summed E-state index contributed by atoms with van der Waals surface area (Å²) in [7, 11) is 1.68. The van der Waals surface area contributed by atoms with Crippen molar-refractivity contribution in [3.63, 3.8) is 0 Å². The Hall–Kier alpha value is -1.81. The number of aromatic amines is 1. The highest BCUT2D eigenvalue weighted by molar-refractivity contribution is 5.26. The van der Waals surface area contributed by atoms with E-state index in [0.29, 0.717) is 0 Å². The maximum Gasteiger partial charge on any atom is 0.118 e. The quantitative estimate of drug-likeness (QED) is 0.735. The summed E-state index contributed by atoms with van der Waals surface area (Å²) in [6, 6.07) is 8.14. The standard InChI is InChI=1S/C14H19N3O/c1-18-13-6-4-12(5-7-13)11-15-8-2-3-14-16-9-10-17-14/h4-7,9-10,15H,2-3,8,11H2,1H3,(H,16,17). The Morgan fingerprint density at radius 1 is 1.28 bits per heavy atom. The summed E-state index contributed by atoms with van der Waals surface area (Å²) in [4.78, 5) is 7.30. The van der Waals surface area contributed by atoms with Gasteiger partial charge in [-0.15, -0.1) is 0 Å². The number of aromatic nitrogens is 2. The van der Waals surface area contributed by atoms with E-state index in [2.05, 4.69) is 27.4 Å². The number of ether oxygens (including phenoxy) is 1. The van der Waals surface area contributed by atoms with Crippen molar-refractivity contribution in [3.05, 3.63) is 48.0 Å². The van der Waals surface area contributed by atoms with Crippen LogP contribution in [-0.2, 0) is 13.0 Å². The summed E-state index contributed by atoms with van der Waals surface area (Å²) in [6.45, 7) is 1.88. The molecular formula is C14H19N3O. The summed E-state index contributed by atoms with van der Waals surface area (Å²) in [6.07, 6.45) is 5.73. The maximum absolute atomic E-state index is 5.12. The van der Waals surface area contributed by atoms with Crippen LogP contribution in [0.3, 0.4) is 0 Å². The molecule has 1 aromatic heterocycles. The van der Waals surface area contributed by atoms with Crippen LogP contribution in [0.5, 0.6) is 5.75 Å². The van der Waals surface area contributed by atoms with Gasteiger partial charge in [0.1, 0.15) is 11.6 Å². The second kappa shape index (κ2) is 6.81. The zero-order chi connectivity index (χ0) is 12.6. The fourth-order valence-electron chi connectivity index (χ4n) is 1.79. The van der Waals surface area contributed by atoms with Crippen molar-refractivity contribution in [2.75, 3.05) is 13.7 Å². The Labute approximate surface area is 107 Å². The second-order valence-electron chi connectivity index (χ2n) is 4.16. The molecule has 0 atom stereocenters. The first-order valence-electron chi connectivity index (χ1n) is 6.20. The largest absolute Gasteiger partial charge is 0.497 e. The molecule has 2 rings (SSSR count). The van der Waals surface area contributed by atoms with Crippen LogP contribution in [0, 0.1) is 0 Å². The van der Waals surface area contributed by atoms with Crippen LogP contribution in [0.1, 0.15) is 17.8 Å². The number of aryl methyl sites for hydroxylation is 1. The number of hydrogen-bond donors (Lipinski definition) is 2. The SMILES string of the molecule is COc1ccc(CNCCCc2ncc[nH]2)cc1. The molecule has 0 fully saturated rings.